The zero-order valence-electron chi connectivity index (χ0n) is 21.1. The van der Waals surface area contributed by atoms with Crippen molar-refractivity contribution in [3.8, 4) is 11.3 Å². The second-order valence-electron chi connectivity index (χ2n) is 9.60. The van der Waals surface area contributed by atoms with E-state index in [0.29, 0.717) is 13.1 Å². The molecule has 1 amide bonds. The number of carbonyl (C=O) groups excluding carboxylic acids is 1. The minimum atomic E-state index is -0.165. The third-order valence-electron chi connectivity index (χ3n) is 6.71. The number of nitrogens with one attached hydrogen (secondary N) is 1. The molecular formula is C30H32N6O. The number of hydrogen-bond acceptors (Lipinski definition) is 5. The van der Waals surface area contributed by atoms with Crippen molar-refractivity contribution in [2.24, 2.45) is 5.92 Å². The Balaban J connectivity index is 1.23. The molecule has 7 heteroatoms. The summed E-state index contributed by atoms with van der Waals surface area (Å²) in [5, 5.41) is 7.74. The van der Waals surface area contributed by atoms with Crippen LogP contribution in [0, 0.1) is 5.92 Å². The molecule has 1 N–H and O–H groups in total. The first-order valence-corrected chi connectivity index (χ1v) is 12.8. The molecule has 0 radical (unpaired) electrons. The molecule has 0 atom stereocenters. The summed E-state index contributed by atoms with van der Waals surface area (Å²) in [6.07, 6.45) is 13.1. The van der Waals surface area contributed by atoms with Crippen molar-refractivity contribution in [1.29, 1.82) is 0 Å². The first-order valence-electron chi connectivity index (χ1n) is 12.8. The molecule has 1 fully saturated rings. The molecule has 0 aliphatic carbocycles. The Labute approximate surface area is 217 Å². The van der Waals surface area contributed by atoms with Crippen molar-refractivity contribution in [1.82, 2.24) is 25.1 Å². The molecule has 4 aromatic rings. The van der Waals surface area contributed by atoms with E-state index in [1.54, 1.807) is 18.5 Å². The van der Waals surface area contributed by atoms with Gasteiger partial charge >= 0.3 is 0 Å². The number of anilines is 1. The van der Waals surface area contributed by atoms with E-state index < -0.39 is 0 Å². The Morgan fingerprint density at radius 3 is 2.59 bits per heavy atom. The summed E-state index contributed by atoms with van der Waals surface area (Å²) in [6, 6.07) is 18.1. The number of rotatable bonds is 8. The fourth-order valence-electron chi connectivity index (χ4n) is 4.50. The molecule has 0 bridgehead atoms. The van der Waals surface area contributed by atoms with E-state index in [2.05, 4.69) is 45.3 Å². The van der Waals surface area contributed by atoms with Crippen molar-refractivity contribution in [3.63, 3.8) is 0 Å². The average Bonchev–Trinajstić information content (AvgIpc) is 3.35. The lowest BCUT2D eigenvalue weighted by Gasteiger charge is -2.31. The van der Waals surface area contributed by atoms with Gasteiger partial charge in [0.25, 0.3) is 0 Å². The first-order chi connectivity index (χ1) is 18.1. The largest absolute Gasteiger partial charge is 0.357 e. The number of hydrogen-bond donors (Lipinski definition) is 1. The molecule has 5 rings (SSSR count). The van der Waals surface area contributed by atoms with Crippen LogP contribution in [-0.2, 0) is 17.9 Å². The van der Waals surface area contributed by atoms with Gasteiger partial charge in [-0.1, -0.05) is 43.3 Å². The quantitative estimate of drug-likeness (QED) is 0.352. The monoisotopic (exact) mass is 492 g/mol. The number of nitrogens with zero attached hydrogens (tertiary/aromatic N) is 5. The lowest BCUT2D eigenvalue weighted by Crippen LogP contribution is -2.33. The van der Waals surface area contributed by atoms with Crippen LogP contribution in [0.3, 0.4) is 0 Å². The second kappa shape index (κ2) is 11.6. The van der Waals surface area contributed by atoms with Gasteiger partial charge in [0.05, 0.1) is 6.54 Å². The van der Waals surface area contributed by atoms with Crippen LogP contribution in [0.1, 0.15) is 36.5 Å². The predicted molar refractivity (Wildman–Crippen MR) is 147 cm³/mol. The van der Waals surface area contributed by atoms with Crippen LogP contribution in [0.25, 0.3) is 17.3 Å². The summed E-state index contributed by atoms with van der Waals surface area (Å²) in [6.45, 7) is 5.49. The highest BCUT2D eigenvalue weighted by Gasteiger charge is 2.16. The van der Waals surface area contributed by atoms with Crippen LogP contribution < -0.4 is 10.2 Å². The van der Waals surface area contributed by atoms with Crippen LogP contribution >= 0.6 is 0 Å². The highest BCUT2D eigenvalue weighted by molar-refractivity contribution is 5.92. The van der Waals surface area contributed by atoms with Gasteiger partial charge in [0.2, 0.25) is 5.91 Å². The molecule has 1 aliphatic rings. The fourth-order valence-corrected chi connectivity index (χ4v) is 4.50. The zero-order valence-corrected chi connectivity index (χ0v) is 21.1. The van der Waals surface area contributed by atoms with E-state index in [0.717, 1.165) is 52.8 Å². The lowest BCUT2D eigenvalue weighted by molar-refractivity contribution is -0.116. The summed E-state index contributed by atoms with van der Waals surface area (Å²) in [5.74, 6) is 1.64. The van der Waals surface area contributed by atoms with Crippen LogP contribution in [0.5, 0.6) is 0 Å². The molecule has 0 unspecified atom stereocenters. The minimum absolute atomic E-state index is 0.165. The number of pyridine rings is 2. The van der Waals surface area contributed by atoms with Crippen LogP contribution in [-0.4, -0.2) is 38.7 Å². The molecule has 37 heavy (non-hydrogen) atoms. The van der Waals surface area contributed by atoms with E-state index in [-0.39, 0.29) is 5.91 Å². The van der Waals surface area contributed by atoms with Crippen molar-refractivity contribution in [2.45, 2.75) is 32.9 Å². The molecule has 1 saturated heterocycles. The van der Waals surface area contributed by atoms with Crippen LogP contribution in [0.4, 0.5) is 5.82 Å². The number of amides is 1. The first kappa shape index (κ1) is 24.4. The molecule has 1 aliphatic heterocycles. The van der Waals surface area contributed by atoms with E-state index in [4.69, 9.17) is 5.10 Å². The molecule has 1 aromatic carbocycles. The normalized spacial score (nSPS) is 14.2. The van der Waals surface area contributed by atoms with Gasteiger partial charge in [-0.2, -0.15) is 5.10 Å². The van der Waals surface area contributed by atoms with Gasteiger partial charge < -0.3 is 10.2 Å². The highest BCUT2D eigenvalue weighted by Crippen LogP contribution is 2.23. The summed E-state index contributed by atoms with van der Waals surface area (Å²) < 4.78 is 1.89. The van der Waals surface area contributed by atoms with Gasteiger partial charge in [0, 0.05) is 61.6 Å². The highest BCUT2D eigenvalue weighted by atomic mass is 16.1. The second-order valence-corrected chi connectivity index (χ2v) is 9.60. The third-order valence-corrected chi connectivity index (χ3v) is 6.71. The predicted octanol–water partition coefficient (Wildman–Crippen LogP) is 4.95. The third kappa shape index (κ3) is 6.50. The summed E-state index contributed by atoms with van der Waals surface area (Å²) in [4.78, 5) is 23.8. The number of carbonyl (C=O) groups is 1. The maximum Gasteiger partial charge on any atom is 0.244 e. The molecule has 4 heterocycles. The molecule has 0 saturated carbocycles. The Bertz CT molecular complexity index is 1320. The number of aromatic nitrogens is 4. The SMILES string of the molecule is CC1CCN(c2ccc(CNC(=O)/C=C/c3cn(Cc4ccccc4)nc3-c3cccnc3)cn2)CC1. The maximum atomic E-state index is 12.6. The summed E-state index contributed by atoms with van der Waals surface area (Å²) >= 11 is 0. The van der Waals surface area contributed by atoms with Crippen molar-refractivity contribution in [2.75, 3.05) is 18.0 Å². The van der Waals surface area contributed by atoms with Crippen molar-refractivity contribution < 1.29 is 4.79 Å². The summed E-state index contributed by atoms with van der Waals surface area (Å²) in [7, 11) is 0. The molecule has 0 spiro atoms. The minimum Gasteiger partial charge on any atom is -0.357 e. The maximum absolute atomic E-state index is 12.6. The van der Waals surface area contributed by atoms with Gasteiger partial charge in [-0.3, -0.25) is 14.5 Å². The molecule has 7 nitrogen and oxygen atoms in total. The lowest BCUT2D eigenvalue weighted by atomic mass is 9.99. The van der Waals surface area contributed by atoms with Gasteiger partial charge in [-0.15, -0.1) is 0 Å². The number of benzene rings is 1. The zero-order chi connectivity index (χ0) is 25.5. The van der Waals surface area contributed by atoms with Gasteiger partial charge in [-0.05, 0) is 54.2 Å². The van der Waals surface area contributed by atoms with E-state index in [9.17, 15) is 4.79 Å². The van der Waals surface area contributed by atoms with E-state index in [1.807, 2.05) is 59.5 Å². The number of piperidine rings is 1. The van der Waals surface area contributed by atoms with Crippen LogP contribution in [0.2, 0.25) is 0 Å². The molecule has 188 valence electrons. The topological polar surface area (TPSA) is 75.9 Å². The van der Waals surface area contributed by atoms with Gasteiger partial charge in [0.15, 0.2) is 0 Å². The Morgan fingerprint density at radius 2 is 1.86 bits per heavy atom. The average molecular weight is 493 g/mol. The van der Waals surface area contributed by atoms with Crippen molar-refractivity contribution >= 4 is 17.8 Å². The van der Waals surface area contributed by atoms with Crippen LogP contribution in [0.15, 0.2) is 85.5 Å². The van der Waals surface area contributed by atoms with Gasteiger partial charge in [-0.25, -0.2) is 4.98 Å². The van der Waals surface area contributed by atoms with E-state index >= 15 is 0 Å². The molecule has 3 aromatic heterocycles. The summed E-state index contributed by atoms with van der Waals surface area (Å²) in [5.41, 5.74) is 4.69. The van der Waals surface area contributed by atoms with E-state index in [1.165, 1.54) is 12.8 Å². The Hall–Kier alpha value is -4.26. The smallest absolute Gasteiger partial charge is 0.244 e. The standard InChI is InChI=1S/C30H32N6O/c1-23-13-16-35(17-14-23)28-11-9-25(18-32-28)19-33-29(37)12-10-27-22-36(21-24-6-3-2-4-7-24)34-30(27)26-8-5-15-31-20-26/h2-12,15,18,20,22-23H,13-14,16-17,19,21H2,1H3,(H,33,37)/b12-10+. The molecular weight excluding hydrogens is 460 g/mol. The fraction of sp³-hybridized carbons (Fsp3) is 0.267. The van der Waals surface area contributed by atoms with Gasteiger partial charge in [0.1, 0.15) is 11.5 Å². The Morgan fingerprint density at radius 1 is 1.03 bits per heavy atom. The Kier molecular flexibility index (Phi) is 7.69. The van der Waals surface area contributed by atoms with Crippen molar-refractivity contribution in [3.05, 3.63) is 102 Å².